The smallest absolute Gasteiger partial charge is 0.173 e. The summed E-state index contributed by atoms with van der Waals surface area (Å²) in [5, 5.41) is 4.90. The third kappa shape index (κ3) is 4.76. The van der Waals surface area contributed by atoms with Crippen molar-refractivity contribution in [3.63, 3.8) is 0 Å². The number of piperazine rings is 1. The molecule has 1 saturated heterocycles. The molecule has 0 saturated carbocycles. The largest absolute Gasteiger partial charge is 0.352 e. The van der Waals surface area contributed by atoms with E-state index in [0.29, 0.717) is 22.9 Å². The van der Waals surface area contributed by atoms with Gasteiger partial charge in [0.15, 0.2) is 5.11 Å². The summed E-state index contributed by atoms with van der Waals surface area (Å²) in [4.78, 5) is 9.06. The molecule has 1 aliphatic heterocycles. The Balaban J connectivity index is 1.71. The van der Waals surface area contributed by atoms with Crippen molar-refractivity contribution in [1.29, 1.82) is 0 Å². The van der Waals surface area contributed by atoms with Crippen LogP contribution in [0.25, 0.3) is 0 Å². The number of benzene rings is 1. The van der Waals surface area contributed by atoms with E-state index in [2.05, 4.69) is 72.1 Å². The summed E-state index contributed by atoms with van der Waals surface area (Å²) >= 11 is 12.1. The van der Waals surface area contributed by atoms with Crippen LogP contribution in [0, 0.1) is 5.92 Å². The lowest BCUT2D eigenvalue weighted by Crippen LogP contribution is -2.58. The van der Waals surface area contributed by atoms with E-state index in [1.165, 1.54) is 5.56 Å². The molecular weight excluding hydrogens is 388 g/mol. The predicted molar refractivity (Wildman–Crippen MR) is 124 cm³/mol. The van der Waals surface area contributed by atoms with Crippen molar-refractivity contribution < 1.29 is 0 Å². The topological polar surface area (TPSA) is 31.4 Å². The Morgan fingerprint density at radius 3 is 2.46 bits per heavy atom. The van der Waals surface area contributed by atoms with Gasteiger partial charge in [0.25, 0.3) is 0 Å². The van der Waals surface area contributed by atoms with Crippen LogP contribution < -0.4 is 10.2 Å². The van der Waals surface area contributed by atoms with Gasteiger partial charge >= 0.3 is 0 Å². The highest BCUT2D eigenvalue weighted by atomic mass is 35.5. The van der Waals surface area contributed by atoms with Gasteiger partial charge in [0.2, 0.25) is 0 Å². The zero-order valence-electron chi connectivity index (χ0n) is 17.0. The summed E-state index contributed by atoms with van der Waals surface area (Å²) in [6.45, 7) is 11.4. The minimum absolute atomic E-state index is 0.293. The van der Waals surface area contributed by atoms with Gasteiger partial charge in [-0.05, 0) is 53.9 Å². The van der Waals surface area contributed by atoms with Gasteiger partial charge in [0, 0.05) is 31.5 Å². The molecule has 0 bridgehead atoms. The lowest BCUT2D eigenvalue weighted by molar-refractivity contribution is 0.227. The van der Waals surface area contributed by atoms with E-state index in [9.17, 15) is 0 Å². The van der Waals surface area contributed by atoms with Crippen molar-refractivity contribution in [2.75, 3.05) is 29.9 Å². The number of nitrogens with zero attached hydrogens (tertiary/aromatic N) is 3. The summed E-state index contributed by atoms with van der Waals surface area (Å²) in [6, 6.07) is 12.6. The van der Waals surface area contributed by atoms with Crippen molar-refractivity contribution in [3.05, 3.63) is 53.2 Å². The molecule has 3 rings (SSSR count). The summed E-state index contributed by atoms with van der Waals surface area (Å²) < 4.78 is 0. The fraction of sp³-hybridized carbons (Fsp3) is 0.455. The molecule has 0 radical (unpaired) electrons. The molecule has 6 heteroatoms. The van der Waals surface area contributed by atoms with Crippen molar-refractivity contribution in [3.8, 4) is 0 Å². The first kappa shape index (κ1) is 20.9. The zero-order chi connectivity index (χ0) is 20.3. The molecule has 0 spiro atoms. The number of nitrogens with one attached hydrogen (secondary N) is 1. The quantitative estimate of drug-likeness (QED) is 0.674. The molecule has 1 aliphatic rings. The van der Waals surface area contributed by atoms with Crippen LogP contribution in [0.1, 0.15) is 39.2 Å². The standard InChI is InChI=1S/C22H29ClN4S/c1-15(2)17-7-9-18(10-8-17)25-22(28)27-13-12-26(14-20(27)16(3)4)21-19(23)6-5-11-24-21/h5-11,15-16,20H,12-14H2,1-4H3,(H,25,28). The van der Waals surface area contributed by atoms with Gasteiger partial charge in [0.05, 0.1) is 11.1 Å². The number of aromatic nitrogens is 1. The van der Waals surface area contributed by atoms with E-state index >= 15 is 0 Å². The molecule has 4 nitrogen and oxygen atoms in total. The molecule has 1 N–H and O–H groups in total. The highest BCUT2D eigenvalue weighted by Crippen LogP contribution is 2.27. The van der Waals surface area contributed by atoms with Crippen LogP contribution in [0.4, 0.5) is 11.5 Å². The Hall–Kier alpha value is -1.85. The van der Waals surface area contributed by atoms with Gasteiger partial charge in [-0.2, -0.15) is 0 Å². The first-order chi connectivity index (χ1) is 13.4. The minimum Gasteiger partial charge on any atom is -0.352 e. The van der Waals surface area contributed by atoms with Gasteiger partial charge in [-0.1, -0.05) is 51.4 Å². The summed E-state index contributed by atoms with van der Waals surface area (Å²) in [7, 11) is 0. The third-order valence-corrected chi connectivity index (χ3v) is 5.95. The Kier molecular flexibility index (Phi) is 6.78. The molecule has 2 heterocycles. The van der Waals surface area contributed by atoms with Crippen LogP contribution in [-0.2, 0) is 0 Å². The Morgan fingerprint density at radius 2 is 1.86 bits per heavy atom. The maximum atomic E-state index is 6.37. The number of hydrogen-bond donors (Lipinski definition) is 1. The highest BCUT2D eigenvalue weighted by Gasteiger charge is 2.32. The van der Waals surface area contributed by atoms with Gasteiger partial charge in [-0.25, -0.2) is 4.98 Å². The minimum atomic E-state index is 0.293. The predicted octanol–water partition coefficient (Wildman–Crippen LogP) is 5.40. The lowest BCUT2D eigenvalue weighted by atomic mass is 10.00. The molecule has 0 aliphatic carbocycles. The molecule has 1 aromatic carbocycles. The van der Waals surface area contributed by atoms with E-state index in [0.717, 1.165) is 36.3 Å². The van der Waals surface area contributed by atoms with Crippen LogP contribution in [0.2, 0.25) is 5.02 Å². The van der Waals surface area contributed by atoms with Crippen LogP contribution in [0.5, 0.6) is 0 Å². The summed E-state index contributed by atoms with van der Waals surface area (Å²) in [5.74, 6) is 1.84. The maximum Gasteiger partial charge on any atom is 0.173 e. The highest BCUT2D eigenvalue weighted by molar-refractivity contribution is 7.80. The van der Waals surface area contributed by atoms with E-state index < -0.39 is 0 Å². The number of anilines is 2. The van der Waals surface area contributed by atoms with Crippen molar-refractivity contribution in [1.82, 2.24) is 9.88 Å². The normalized spacial score (nSPS) is 17.3. The maximum absolute atomic E-state index is 6.37. The van der Waals surface area contributed by atoms with Crippen LogP contribution in [-0.4, -0.2) is 40.7 Å². The Morgan fingerprint density at radius 1 is 1.14 bits per heavy atom. The molecule has 28 heavy (non-hydrogen) atoms. The average Bonchev–Trinajstić information content (AvgIpc) is 2.68. The fourth-order valence-electron chi connectivity index (χ4n) is 3.58. The number of pyridine rings is 1. The second-order valence-electron chi connectivity index (χ2n) is 7.97. The summed E-state index contributed by atoms with van der Waals surface area (Å²) in [6.07, 6.45) is 1.80. The Bertz CT molecular complexity index is 806. The number of rotatable bonds is 4. The Labute approximate surface area is 178 Å². The van der Waals surface area contributed by atoms with Crippen LogP contribution in [0.3, 0.4) is 0 Å². The first-order valence-corrected chi connectivity index (χ1v) is 10.7. The SMILES string of the molecule is CC(C)c1ccc(NC(=S)N2CCN(c3ncccc3Cl)CC2C(C)C)cc1. The molecule has 150 valence electrons. The first-order valence-electron chi connectivity index (χ1n) is 9.90. The molecular formula is C22H29ClN4S. The van der Waals surface area contributed by atoms with Crippen molar-refractivity contribution >= 4 is 40.4 Å². The van der Waals surface area contributed by atoms with E-state index in [1.807, 2.05) is 12.1 Å². The molecule has 2 aromatic rings. The lowest BCUT2D eigenvalue weighted by Gasteiger charge is -2.45. The zero-order valence-corrected chi connectivity index (χ0v) is 18.6. The van der Waals surface area contributed by atoms with E-state index in [4.69, 9.17) is 23.8 Å². The van der Waals surface area contributed by atoms with Crippen molar-refractivity contribution in [2.24, 2.45) is 5.92 Å². The van der Waals surface area contributed by atoms with Gasteiger partial charge in [-0.3, -0.25) is 0 Å². The third-order valence-electron chi connectivity index (χ3n) is 5.32. The molecule has 1 atom stereocenters. The van der Waals surface area contributed by atoms with Crippen LogP contribution in [0.15, 0.2) is 42.6 Å². The molecule has 1 unspecified atom stereocenters. The van der Waals surface area contributed by atoms with Gasteiger partial charge in [-0.15, -0.1) is 0 Å². The molecule has 1 aromatic heterocycles. The fourth-order valence-corrected chi connectivity index (χ4v) is 4.17. The van der Waals surface area contributed by atoms with Crippen molar-refractivity contribution in [2.45, 2.75) is 39.7 Å². The van der Waals surface area contributed by atoms with E-state index in [1.54, 1.807) is 6.20 Å². The average molecular weight is 417 g/mol. The monoisotopic (exact) mass is 416 g/mol. The molecule has 1 fully saturated rings. The second-order valence-corrected chi connectivity index (χ2v) is 8.76. The molecule has 0 amide bonds. The van der Waals surface area contributed by atoms with E-state index in [-0.39, 0.29) is 0 Å². The number of hydrogen-bond acceptors (Lipinski definition) is 3. The second kappa shape index (κ2) is 9.10. The number of halogens is 1. The van der Waals surface area contributed by atoms with Gasteiger partial charge in [0.1, 0.15) is 5.82 Å². The van der Waals surface area contributed by atoms with Crippen LogP contribution >= 0.6 is 23.8 Å². The van der Waals surface area contributed by atoms with Gasteiger partial charge < -0.3 is 15.1 Å². The summed E-state index contributed by atoms with van der Waals surface area (Å²) in [5.41, 5.74) is 2.37. The number of thiocarbonyl (C=S) groups is 1.